The van der Waals surface area contributed by atoms with E-state index in [-0.39, 0.29) is 6.54 Å². The Balaban J connectivity index is 2.76. The third kappa shape index (κ3) is 5.85. The first-order valence-corrected chi connectivity index (χ1v) is 5.94. The molecule has 1 N–H and O–H groups in total. The first kappa shape index (κ1) is 14.9. The van der Waals surface area contributed by atoms with Crippen LogP contribution in [0.2, 0.25) is 0 Å². The van der Waals surface area contributed by atoms with E-state index < -0.39 is 22.7 Å². The Bertz CT molecular complexity index is 440. The smallest absolute Gasteiger partial charge is 0.408 e. The Labute approximate surface area is 111 Å². The van der Waals surface area contributed by atoms with Crippen LogP contribution in [-0.4, -0.2) is 23.2 Å². The summed E-state index contributed by atoms with van der Waals surface area (Å²) in [4.78, 5) is 21.9. The molecule has 6 heteroatoms. The number of alkyl carbamates (subject to hydrolysis) is 1. The largest absolute Gasteiger partial charge is 0.444 e. The van der Waals surface area contributed by atoms with Crippen LogP contribution in [0.15, 0.2) is 30.3 Å². The molecule has 0 saturated carbocycles. The van der Waals surface area contributed by atoms with Crippen molar-refractivity contribution in [1.82, 2.24) is 5.32 Å². The number of benzene rings is 1. The van der Waals surface area contributed by atoms with Gasteiger partial charge in [-0.3, -0.25) is 10.1 Å². The highest BCUT2D eigenvalue weighted by molar-refractivity contribution is 5.68. The van der Waals surface area contributed by atoms with E-state index >= 15 is 0 Å². The van der Waals surface area contributed by atoms with Gasteiger partial charge in [0.15, 0.2) is 0 Å². The first-order chi connectivity index (χ1) is 8.78. The molecule has 0 aliphatic heterocycles. The Kier molecular flexibility index (Phi) is 4.86. The summed E-state index contributed by atoms with van der Waals surface area (Å²) >= 11 is 0. The number of hydrogen-bond acceptors (Lipinski definition) is 4. The van der Waals surface area contributed by atoms with Crippen molar-refractivity contribution in [3.8, 4) is 0 Å². The maximum Gasteiger partial charge on any atom is 0.408 e. The zero-order valence-electron chi connectivity index (χ0n) is 11.3. The molecule has 6 nitrogen and oxygen atoms in total. The molecule has 1 aromatic carbocycles. The summed E-state index contributed by atoms with van der Waals surface area (Å²) in [5.74, 6) is 0. The van der Waals surface area contributed by atoms with Gasteiger partial charge in [0, 0.05) is 4.92 Å². The second kappa shape index (κ2) is 6.17. The van der Waals surface area contributed by atoms with Gasteiger partial charge in [-0.2, -0.15) is 0 Å². The van der Waals surface area contributed by atoms with Crippen LogP contribution in [-0.2, 0) is 4.74 Å². The monoisotopic (exact) mass is 266 g/mol. The molecule has 0 aromatic heterocycles. The minimum atomic E-state index is -0.703. The van der Waals surface area contributed by atoms with Crippen LogP contribution in [0.1, 0.15) is 32.4 Å². The molecule has 0 bridgehead atoms. The molecule has 0 aliphatic rings. The van der Waals surface area contributed by atoms with Crippen molar-refractivity contribution in [3.05, 3.63) is 46.0 Å². The van der Waals surface area contributed by atoms with Crippen molar-refractivity contribution in [2.45, 2.75) is 32.4 Å². The van der Waals surface area contributed by atoms with Crippen LogP contribution in [0.25, 0.3) is 0 Å². The predicted molar refractivity (Wildman–Crippen MR) is 70.4 cm³/mol. The van der Waals surface area contributed by atoms with Gasteiger partial charge in [0.2, 0.25) is 6.54 Å². The number of hydrogen-bond donors (Lipinski definition) is 1. The molecule has 0 fully saturated rings. The number of amides is 1. The Morgan fingerprint density at radius 2 is 1.95 bits per heavy atom. The molecule has 1 amide bonds. The van der Waals surface area contributed by atoms with Gasteiger partial charge >= 0.3 is 6.09 Å². The zero-order chi connectivity index (χ0) is 14.5. The van der Waals surface area contributed by atoms with Gasteiger partial charge in [0.1, 0.15) is 11.6 Å². The molecule has 19 heavy (non-hydrogen) atoms. The Morgan fingerprint density at radius 1 is 1.37 bits per heavy atom. The SMILES string of the molecule is CC(C)(C)OC(=O)N[C@@H](C[N+](=O)[O-])c1ccccc1. The summed E-state index contributed by atoms with van der Waals surface area (Å²) in [5, 5.41) is 13.2. The van der Waals surface area contributed by atoms with Gasteiger partial charge in [0.05, 0.1) is 0 Å². The van der Waals surface area contributed by atoms with Crippen LogP contribution in [0.3, 0.4) is 0 Å². The summed E-state index contributed by atoms with van der Waals surface area (Å²) in [6.07, 6.45) is -0.664. The van der Waals surface area contributed by atoms with E-state index in [1.807, 2.05) is 0 Å². The number of carbonyl (C=O) groups excluding carboxylic acids is 1. The third-order valence-electron chi connectivity index (χ3n) is 2.22. The number of ether oxygens (including phenoxy) is 1. The molecular formula is C13H18N2O4. The van der Waals surface area contributed by atoms with Crippen LogP contribution < -0.4 is 5.32 Å². The lowest BCUT2D eigenvalue weighted by Crippen LogP contribution is -2.37. The fraction of sp³-hybridized carbons (Fsp3) is 0.462. The standard InChI is InChI=1S/C13H18N2O4/c1-13(2,3)19-12(16)14-11(9-15(17)18)10-7-5-4-6-8-10/h4-8,11H,9H2,1-3H3,(H,14,16)/t11-/m0/s1. The molecule has 0 heterocycles. The highest BCUT2D eigenvalue weighted by Gasteiger charge is 2.23. The average Bonchev–Trinajstić information content (AvgIpc) is 2.26. The van der Waals surface area contributed by atoms with Gasteiger partial charge in [-0.25, -0.2) is 4.79 Å². The van der Waals surface area contributed by atoms with Crippen molar-refractivity contribution in [2.75, 3.05) is 6.54 Å². The molecule has 0 saturated heterocycles. The minimum absolute atomic E-state index is 0.386. The van der Waals surface area contributed by atoms with Gasteiger partial charge in [-0.1, -0.05) is 30.3 Å². The third-order valence-corrected chi connectivity index (χ3v) is 2.22. The molecule has 1 atom stereocenters. The number of carbonyl (C=O) groups is 1. The maximum atomic E-state index is 11.7. The van der Waals surface area contributed by atoms with E-state index in [2.05, 4.69) is 5.32 Å². The molecule has 0 unspecified atom stereocenters. The lowest BCUT2D eigenvalue weighted by atomic mass is 10.1. The number of nitro groups is 1. The molecule has 104 valence electrons. The van der Waals surface area contributed by atoms with Gasteiger partial charge in [-0.05, 0) is 26.3 Å². The number of rotatable bonds is 4. The molecular weight excluding hydrogens is 248 g/mol. The number of nitrogens with zero attached hydrogens (tertiary/aromatic N) is 1. The maximum absolute atomic E-state index is 11.7. The lowest BCUT2D eigenvalue weighted by Gasteiger charge is -2.22. The summed E-state index contributed by atoms with van der Waals surface area (Å²) in [7, 11) is 0. The van der Waals surface area contributed by atoms with Crippen LogP contribution in [0.5, 0.6) is 0 Å². The topological polar surface area (TPSA) is 81.5 Å². The second-order valence-corrected chi connectivity index (χ2v) is 5.12. The Morgan fingerprint density at radius 3 is 2.42 bits per heavy atom. The highest BCUT2D eigenvalue weighted by Crippen LogP contribution is 2.14. The van der Waals surface area contributed by atoms with Gasteiger partial charge < -0.3 is 10.1 Å². The minimum Gasteiger partial charge on any atom is -0.444 e. The molecule has 0 radical (unpaired) electrons. The van der Waals surface area contributed by atoms with Gasteiger partial charge in [-0.15, -0.1) is 0 Å². The van der Waals surface area contributed by atoms with E-state index in [1.165, 1.54) is 0 Å². The summed E-state index contributed by atoms with van der Waals surface area (Å²) < 4.78 is 5.10. The molecule has 0 aliphatic carbocycles. The number of nitrogens with one attached hydrogen (secondary N) is 1. The van der Waals surface area contributed by atoms with Crippen LogP contribution in [0.4, 0.5) is 4.79 Å². The zero-order valence-corrected chi connectivity index (χ0v) is 11.3. The fourth-order valence-corrected chi connectivity index (χ4v) is 1.52. The molecule has 1 aromatic rings. The second-order valence-electron chi connectivity index (χ2n) is 5.12. The van der Waals surface area contributed by atoms with E-state index in [0.29, 0.717) is 5.56 Å². The highest BCUT2D eigenvalue weighted by atomic mass is 16.6. The average molecular weight is 266 g/mol. The lowest BCUT2D eigenvalue weighted by molar-refractivity contribution is -0.484. The quantitative estimate of drug-likeness (QED) is 0.670. The van der Waals surface area contributed by atoms with Crippen molar-refractivity contribution in [1.29, 1.82) is 0 Å². The van der Waals surface area contributed by atoms with E-state index in [0.717, 1.165) is 0 Å². The normalized spacial score (nSPS) is 12.6. The summed E-state index contributed by atoms with van der Waals surface area (Å²) in [5.41, 5.74) is 0.0324. The summed E-state index contributed by atoms with van der Waals surface area (Å²) in [6, 6.07) is 8.08. The first-order valence-electron chi connectivity index (χ1n) is 5.94. The Hall–Kier alpha value is -2.11. The van der Waals surface area contributed by atoms with E-state index in [9.17, 15) is 14.9 Å². The van der Waals surface area contributed by atoms with Crippen LogP contribution >= 0.6 is 0 Å². The van der Waals surface area contributed by atoms with E-state index in [4.69, 9.17) is 4.74 Å². The molecule has 1 rings (SSSR count). The van der Waals surface area contributed by atoms with Crippen molar-refractivity contribution >= 4 is 6.09 Å². The van der Waals surface area contributed by atoms with Gasteiger partial charge in [0.25, 0.3) is 0 Å². The van der Waals surface area contributed by atoms with Crippen molar-refractivity contribution in [3.63, 3.8) is 0 Å². The summed E-state index contributed by atoms with van der Waals surface area (Å²) in [6.45, 7) is 4.82. The van der Waals surface area contributed by atoms with E-state index in [1.54, 1.807) is 51.1 Å². The van der Waals surface area contributed by atoms with Crippen LogP contribution in [0, 0.1) is 10.1 Å². The predicted octanol–water partition coefficient (Wildman–Crippen LogP) is 2.53. The fourth-order valence-electron chi connectivity index (χ4n) is 1.52. The molecule has 0 spiro atoms. The van der Waals surface area contributed by atoms with Crippen molar-refractivity contribution in [2.24, 2.45) is 0 Å². The van der Waals surface area contributed by atoms with Crippen molar-refractivity contribution < 1.29 is 14.5 Å².